The lowest BCUT2D eigenvalue weighted by Crippen LogP contribution is -2.44. The van der Waals surface area contributed by atoms with E-state index in [1.807, 2.05) is 29.0 Å². The first-order valence-corrected chi connectivity index (χ1v) is 13.6. The molecule has 0 saturated carbocycles. The first-order chi connectivity index (χ1) is 15.0. The van der Waals surface area contributed by atoms with Gasteiger partial charge >= 0.3 is 0 Å². The highest BCUT2D eigenvalue weighted by atomic mass is 35.5. The number of nitrogens with zero attached hydrogens (tertiary/aromatic N) is 3. The second-order valence-corrected chi connectivity index (χ2v) is 11.6. The minimum atomic E-state index is 0.0518. The normalized spacial score (nSPS) is 15.3. The van der Waals surface area contributed by atoms with E-state index in [0.717, 1.165) is 58.1 Å². The average molecular weight is 532 g/mol. The number of hydrogen-bond donors (Lipinski definition) is 2. The average Bonchev–Trinajstić information content (AvgIpc) is 3.40. The van der Waals surface area contributed by atoms with Gasteiger partial charge in [-0.15, -0.1) is 35.3 Å². The third kappa shape index (κ3) is 6.60. The SMILES string of the molecule is O=C(CSc1nc(-c2csc(S)n2)cs1)NC1CCN(Cc2ccc(Cl)c(Cl)c2)CC1. The Labute approximate surface area is 209 Å². The molecule has 164 valence electrons. The number of thioether (sulfide) groups is 1. The number of piperidine rings is 1. The van der Waals surface area contributed by atoms with Crippen molar-refractivity contribution in [2.45, 2.75) is 34.1 Å². The van der Waals surface area contributed by atoms with Crippen molar-refractivity contribution in [2.24, 2.45) is 0 Å². The summed E-state index contributed by atoms with van der Waals surface area (Å²) in [7, 11) is 0. The Morgan fingerprint density at radius 2 is 1.90 bits per heavy atom. The molecule has 3 heterocycles. The Balaban J connectivity index is 1.19. The Bertz CT molecular complexity index is 1050. The van der Waals surface area contributed by atoms with Gasteiger partial charge in [-0.25, -0.2) is 9.97 Å². The number of hydrogen-bond acceptors (Lipinski definition) is 8. The molecule has 5 nitrogen and oxygen atoms in total. The van der Waals surface area contributed by atoms with Crippen LogP contribution in [-0.2, 0) is 11.3 Å². The van der Waals surface area contributed by atoms with Crippen LogP contribution in [0.1, 0.15) is 18.4 Å². The maximum absolute atomic E-state index is 12.4. The van der Waals surface area contributed by atoms with Crippen LogP contribution in [0.4, 0.5) is 0 Å². The van der Waals surface area contributed by atoms with Gasteiger partial charge < -0.3 is 5.32 Å². The van der Waals surface area contributed by atoms with Gasteiger partial charge in [0, 0.05) is 36.4 Å². The highest BCUT2D eigenvalue weighted by Crippen LogP contribution is 2.30. The van der Waals surface area contributed by atoms with Gasteiger partial charge in [-0.1, -0.05) is 41.0 Å². The van der Waals surface area contributed by atoms with Crippen molar-refractivity contribution in [1.82, 2.24) is 20.2 Å². The number of amides is 1. The van der Waals surface area contributed by atoms with Gasteiger partial charge in [-0.2, -0.15) is 0 Å². The van der Waals surface area contributed by atoms with Gasteiger partial charge in [0.05, 0.1) is 15.8 Å². The van der Waals surface area contributed by atoms with E-state index in [1.165, 1.54) is 34.4 Å². The number of aromatic nitrogens is 2. The maximum atomic E-state index is 12.4. The van der Waals surface area contributed by atoms with Crippen LogP contribution in [-0.4, -0.2) is 45.7 Å². The van der Waals surface area contributed by atoms with Crippen LogP contribution < -0.4 is 5.32 Å². The van der Waals surface area contributed by atoms with Crippen LogP contribution in [0, 0.1) is 0 Å². The summed E-state index contributed by atoms with van der Waals surface area (Å²) < 4.78 is 1.59. The molecule has 2 aromatic heterocycles. The number of carbonyl (C=O) groups excluding carboxylic acids is 1. The molecule has 1 aliphatic rings. The van der Waals surface area contributed by atoms with Crippen LogP contribution >= 0.6 is 70.3 Å². The number of rotatable bonds is 7. The highest BCUT2D eigenvalue weighted by Gasteiger charge is 2.21. The van der Waals surface area contributed by atoms with Gasteiger partial charge in [0.15, 0.2) is 4.34 Å². The Morgan fingerprint density at radius 3 is 2.61 bits per heavy atom. The van der Waals surface area contributed by atoms with Gasteiger partial charge in [0.25, 0.3) is 0 Å². The molecule has 4 rings (SSSR count). The maximum Gasteiger partial charge on any atom is 0.230 e. The lowest BCUT2D eigenvalue weighted by Gasteiger charge is -2.32. The molecule has 1 saturated heterocycles. The van der Waals surface area contributed by atoms with E-state index in [1.54, 1.807) is 0 Å². The van der Waals surface area contributed by atoms with Crippen molar-refractivity contribution < 1.29 is 4.79 Å². The number of likely N-dealkylation sites (tertiary alicyclic amines) is 1. The van der Waals surface area contributed by atoms with Crippen molar-refractivity contribution in [3.8, 4) is 11.4 Å². The van der Waals surface area contributed by atoms with Crippen molar-refractivity contribution >= 4 is 76.2 Å². The van der Waals surface area contributed by atoms with E-state index in [-0.39, 0.29) is 11.9 Å². The standard InChI is InChI=1S/C20H20Cl2N4OS4/c21-14-2-1-12(7-15(14)22)8-26-5-3-13(4-6-26)23-18(27)11-31-20-25-17(10-30-20)16-9-29-19(28)24-16/h1-2,7,9-10,13H,3-6,8,11H2,(H,23,27)(H,24,28). The summed E-state index contributed by atoms with van der Waals surface area (Å²) in [6.45, 7) is 2.72. The molecule has 0 atom stereocenters. The number of halogens is 2. The van der Waals surface area contributed by atoms with E-state index < -0.39 is 0 Å². The quantitative estimate of drug-likeness (QED) is 0.301. The van der Waals surface area contributed by atoms with Crippen LogP contribution in [0.2, 0.25) is 10.0 Å². The molecular weight excluding hydrogens is 511 g/mol. The van der Waals surface area contributed by atoms with Crippen molar-refractivity contribution in [3.63, 3.8) is 0 Å². The first-order valence-electron chi connectivity index (χ1n) is 9.65. The summed E-state index contributed by atoms with van der Waals surface area (Å²) in [4.78, 5) is 23.7. The molecule has 0 bridgehead atoms. The van der Waals surface area contributed by atoms with E-state index in [0.29, 0.717) is 15.8 Å². The number of thiazole rings is 2. The van der Waals surface area contributed by atoms with Gasteiger partial charge in [-0.3, -0.25) is 9.69 Å². The topological polar surface area (TPSA) is 58.1 Å². The summed E-state index contributed by atoms with van der Waals surface area (Å²) in [5, 5.41) is 8.23. The molecule has 1 fully saturated rings. The summed E-state index contributed by atoms with van der Waals surface area (Å²) in [5.74, 6) is 0.418. The van der Waals surface area contributed by atoms with Crippen molar-refractivity contribution in [1.29, 1.82) is 0 Å². The predicted octanol–water partition coefficient (Wildman–Crippen LogP) is 5.74. The fourth-order valence-electron chi connectivity index (χ4n) is 3.35. The first kappa shape index (κ1) is 23.4. The number of nitrogens with one attached hydrogen (secondary N) is 1. The zero-order chi connectivity index (χ0) is 21.8. The zero-order valence-electron chi connectivity index (χ0n) is 16.4. The highest BCUT2D eigenvalue weighted by molar-refractivity contribution is 8.01. The number of thiol groups is 1. The molecule has 1 aromatic carbocycles. The molecule has 3 aromatic rings. The van der Waals surface area contributed by atoms with E-state index in [2.05, 4.69) is 32.8 Å². The van der Waals surface area contributed by atoms with E-state index in [9.17, 15) is 4.79 Å². The molecular formula is C20H20Cl2N4OS4. The molecule has 31 heavy (non-hydrogen) atoms. The molecule has 0 radical (unpaired) electrons. The van der Waals surface area contributed by atoms with Crippen molar-refractivity contribution in [2.75, 3.05) is 18.8 Å². The van der Waals surface area contributed by atoms with Crippen LogP contribution in [0.15, 0.2) is 37.6 Å². The van der Waals surface area contributed by atoms with Gasteiger partial charge in [0.2, 0.25) is 5.91 Å². The third-order valence-corrected chi connectivity index (χ3v) is 8.73. The Hall–Kier alpha value is -0.810. The molecule has 1 N–H and O–H groups in total. The molecule has 1 aliphatic heterocycles. The molecule has 1 amide bonds. The number of benzene rings is 1. The summed E-state index contributed by atoms with van der Waals surface area (Å²) >= 11 is 20.8. The van der Waals surface area contributed by atoms with Gasteiger partial charge in [0.1, 0.15) is 15.7 Å². The monoisotopic (exact) mass is 530 g/mol. The molecule has 0 unspecified atom stereocenters. The van der Waals surface area contributed by atoms with Crippen molar-refractivity contribution in [3.05, 3.63) is 44.6 Å². The molecule has 11 heteroatoms. The molecule has 0 aliphatic carbocycles. The largest absolute Gasteiger partial charge is 0.353 e. The molecule has 0 spiro atoms. The number of carbonyl (C=O) groups is 1. The third-order valence-electron chi connectivity index (χ3n) is 4.91. The fourth-order valence-corrected chi connectivity index (χ4v) is 6.11. The Morgan fingerprint density at radius 1 is 1.16 bits per heavy atom. The second-order valence-electron chi connectivity index (χ2n) is 7.17. The minimum absolute atomic E-state index is 0.0518. The Kier molecular flexibility index (Phi) is 8.19. The summed E-state index contributed by atoms with van der Waals surface area (Å²) in [5.41, 5.74) is 2.81. The predicted molar refractivity (Wildman–Crippen MR) is 134 cm³/mol. The zero-order valence-corrected chi connectivity index (χ0v) is 21.2. The van der Waals surface area contributed by atoms with Gasteiger partial charge in [-0.05, 0) is 30.5 Å². The van der Waals surface area contributed by atoms with E-state index in [4.69, 9.17) is 23.2 Å². The lowest BCUT2D eigenvalue weighted by atomic mass is 10.0. The summed E-state index contributed by atoms with van der Waals surface area (Å²) in [6, 6.07) is 5.98. The minimum Gasteiger partial charge on any atom is -0.353 e. The van der Waals surface area contributed by atoms with E-state index >= 15 is 0 Å². The van der Waals surface area contributed by atoms with Crippen LogP contribution in [0.5, 0.6) is 0 Å². The van der Waals surface area contributed by atoms with Crippen LogP contribution in [0.3, 0.4) is 0 Å². The second kappa shape index (κ2) is 10.9. The fraction of sp³-hybridized carbons (Fsp3) is 0.350. The lowest BCUT2D eigenvalue weighted by molar-refractivity contribution is -0.119. The van der Waals surface area contributed by atoms with Crippen LogP contribution in [0.25, 0.3) is 11.4 Å². The smallest absolute Gasteiger partial charge is 0.230 e. The summed E-state index contributed by atoms with van der Waals surface area (Å²) in [6.07, 6.45) is 1.88.